The Bertz CT molecular complexity index is 1190. The van der Waals surface area contributed by atoms with Gasteiger partial charge in [-0.2, -0.15) is 0 Å². The Morgan fingerprint density at radius 1 is 1.15 bits per heavy atom. The van der Waals surface area contributed by atoms with Crippen LogP contribution in [-0.2, 0) is 29.4 Å². The maximum atomic E-state index is 12.8. The van der Waals surface area contributed by atoms with E-state index >= 15 is 0 Å². The van der Waals surface area contributed by atoms with Gasteiger partial charge >= 0.3 is 5.97 Å². The lowest BCUT2D eigenvalue weighted by Gasteiger charge is -2.11. The molecule has 2 aromatic heterocycles. The molecule has 0 saturated heterocycles. The molecule has 0 radical (unpaired) electrons. The minimum atomic E-state index is -0.391. The quantitative estimate of drug-likeness (QED) is 0.370. The molecule has 8 nitrogen and oxygen atoms in total. The Kier molecular flexibility index (Phi) is 7.89. The van der Waals surface area contributed by atoms with Crippen LogP contribution in [0, 0.1) is 0 Å². The molecule has 0 fully saturated rings. The Labute approximate surface area is 207 Å². The number of ether oxygens (including phenoxy) is 2. The summed E-state index contributed by atoms with van der Waals surface area (Å²) < 4.78 is 12.2. The molecule has 1 N–H and O–H groups in total. The number of carbonyl (C=O) groups is 2. The molecule has 0 saturated carbocycles. The zero-order valence-electron chi connectivity index (χ0n) is 19.6. The van der Waals surface area contributed by atoms with Crippen LogP contribution in [0.4, 0.5) is 5.00 Å². The number of carbonyl (C=O) groups excluding carboxylic acids is 2. The number of fused-ring (bicyclic) bond motifs is 1. The number of aromatic nitrogens is 3. The number of amides is 1. The predicted octanol–water partition coefficient (Wildman–Crippen LogP) is 4.73. The summed E-state index contributed by atoms with van der Waals surface area (Å²) in [6, 6.07) is 7.59. The fraction of sp³-hybridized carbons (Fsp3) is 0.417. The standard InChI is InChI=1S/C24H28N4O4S2/c1-28-21(15-9-8-10-16(13-15)31-2)26-27-24(28)33-14-19(29)25-22-20(23(30)32-3)17-11-6-4-5-7-12-18(17)34-22/h8-10,13H,4-7,11-12,14H2,1-3H3,(H,25,29). The van der Waals surface area contributed by atoms with Crippen molar-refractivity contribution in [2.24, 2.45) is 7.05 Å². The molecule has 0 atom stereocenters. The monoisotopic (exact) mass is 500 g/mol. The van der Waals surface area contributed by atoms with Gasteiger partial charge in [0, 0.05) is 17.5 Å². The Balaban J connectivity index is 1.47. The number of nitrogens with one attached hydrogen (secondary N) is 1. The summed E-state index contributed by atoms with van der Waals surface area (Å²) in [6.07, 6.45) is 6.26. The second kappa shape index (κ2) is 11.1. The SMILES string of the molecule is COC(=O)c1c(NC(=O)CSc2nnc(-c3cccc(OC)c3)n2C)sc2c1CCCCCC2. The van der Waals surface area contributed by atoms with E-state index in [0.29, 0.717) is 21.5 Å². The van der Waals surface area contributed by atoms with Crippen molar-refractivity contribution in [3.63, 3.8) is 0 Å². The number of nitrogens with zero attached hydrogens (tertiary/aromatic N) is 3. The summed E-state index contributed by atoms with van der Waals surface area (Å²) in [5, 5.41) is 12.7. The number of methoxy groups -OCH3 is 2. The molecule has 0 spiro atoms. The zero-order chi connectivity index (χ0) is 24.1. The minimum Gasteiger partial charge on any atom is -0.497 e. The second-order valence-corrected chi connectivity index (χ2v) is 10.1. The van der Waals surface area contributed by atoms with E-state index in [4.69, 9.17) is 9.47 Å². The highest BCUT2D eigenvalue weighted by Gasteiger charge is 2.26. The fourth-order valence-electron chi connectivity index (χ4n) is 4.07. The lowest BCUT2D eigenvalue weighted by Crippen LogP contribution is -2.16. The molecule has 1 aliphatic rings. The minimum absolute atomic E-state index is 0.146. The van der Waals surface area contributed by atoms with Crippen LogP contribution < -0.4 is 10.1 Å². The van der Waals surface area contributed by atoms with Crippen molar-refractivity contribution in [1.82, 2.24) is 14.8 Å². The highest BCUT2D eigenvalue weighted by Crippen LogP contribution is 2.37. The third-order valence-corrected chi connectivity index (χ3v) is 8.04. The van der Waals surface area contributed by atoms with Gasteiger partial charge in [-0.05, 0) is 43.4 Å². The molecular formula is C24H28N4O4S2. The van der Waals surface area contributed by atoms with Gasteiger partial charge in [0.05, 0.1) is 25.5 Å². The van der Waals surface area contributed by atoms with Crippen LogP contribution in [-0.4, -0.2) is 46.6 Å². The van der Waals surface area contributed by atoms with Crippen LogP contribution in [0.1, 0.15) is 46.5 Å². The maximum Gasteiger partial charge on any atom is 0.341 e. The van der Waals surface area contributed by atoms with Crippen LogP contribution >= 0.6 is 23.1 Å². The summed E-state index contributed by atoms with van der Waals surface area (Å²) in [6.45, 7) is 0. The van der Waals surface area contributed by atoms with Crippen LogP contribution in [0.5, 0.6) is 5.75 Å². The first-order chi connectivity index (χ1) is 16.5. The number of hydrogen-bond donors (Lipinski definition) is 1. The van der Waals surface area contributed by atoms with E-state index < -0.39 is 5.97 Å². The molecular weight excluding hydrogens is 472 g/mol. The zero-order valence-corrected chi connectivity index (χ0v) is 21.2. The second-order valence-electron chi connectivity index (χ2n) is 8.05. The number of esters is 1. The van der Waals surface area contributed by atoms with Crippen molar-refractivity contribution in [3.05, 3.63) is 40.3 Å². The maximum absolute atomic E-state index is 12.8. The molecule has 0 aliphatic heterocycles. The van der Waals surface area contributed by atoms with Crippen LogP contribution in [0.3, 0.4) is 0 Å². The number of rotatable bonds is 7. The summed E-state index contributed by atoms with van der Waals surface area (Å²) in [5.74, 6) is 0.980. The van der Waals surface area contributed by atoms with Gasteiger partial charge in [0.2, 0.25) is 5.91 Å². The van der Waals surface area contributed by atoms with Gasteiger partial charge in [-0.3, -0.25) is 4.79 Å². The first kappa shape index (κ1) is 24.3. The van der Waals surface area contributed by atoms with E-state index in [1.54, 1.807) is 7.11 Å². The normalized spacial score (nSPS) is 13.5. The van der Waals surface area contributed by atoms with Gasteiger partial charge in [0.25, 0.3) is 0 Å². The van der Waals surface area contributed by atoms with Crippen molar-refractivity contribution in [1.29, 1.82) is 0 Å². The van der Waals surface area contributed by atoms with Gasteiger partial charge in [-0.1, -0.05) is 36.7 Å². The first-order valence-corrected chi connectivity index (χ1v) is 13.0. The van der Waals surface area contributed by atoms with E-state index in [0.717, 1.165) is 49.0 Å². The van der Waals surface area contributed by atoms with E-state index in [1.165, 1.54) is 41.5 Å². The molecule has 1 amide bonds. The summed E-state index contributed by atoms with van der Waals surface area (Å²) in [7, 11) is 4.86. The molecule has 3 aromatic rings. The highest BCUT2D eigenvalue weighted by molar-refractivity contribution is 7.99. The molecule has 10 heteroatoms. The first-order valence-electron chi connectivity index (χ1n) is 11.2. The summed E-state index contributed by atoms with van der Waals surface area (Å²) in [4.78, 5) is 26.5. The molecule has 0 unspecified atom stereocenters. The molecule has 0 bridgehead atoms. The summed E-state index contributed by atoms with van der Waals surface area (Å²) in [5.41, 5.74) is 2.43. The molecule has 180 valence electrons. The topological polar surface area (TPSA) is 95.3 Å². The molecule has 1 aliphatic carbocycles. The van der Waals surface area contributed by atoms with Crippen molar-refractivity contribution < 1.29 is 19.1 Å². The van der Waals surface area contributed by atoms with Gasteiger partial charge < -0.3 is 19.4 Å². The van der Waals surface area contributed by atoms with Crippen LogP contribution in [0.15, 0.2) is 29.4 Å². The van der Waals surface area contributed by atoms with Gasteiger partial charge in [0.15, 0.2) is 11.0 Å². The van der Waals surface area contributed by atoms with Crippen molar-refractivity contribution in [3.8, 4) is 17.1 Å². The summed E-state index contributed by atoms with van der Waals surface area (Å²) >= 11 is 2.80. The van der Waals surface area contributed by atoms with Crippen molar-refractivity contribution in [2.75, 3.05) is 25.3 Å². The predicted molar refractivity (Wildman–Crippen MR) is 134 cm³/mol. The number of thioether (sulfide) groups is 1. The molecule has 34 heavy (non-hydrogen) atoms. The Morgan fingerprint density at radius 3 is 2.71 bits per heavy atom. The largest absolute Gasteiger partial charge is 0.497 e. The van der Waals surface area contributed by atoms with Gasteiger partial charge in [-0.15, -0.1) is 21.5 Å². The lowest BCUT2D eigenvalue weighted by molar-refractivity contribution is -0.113. The van der Waals surface area contributed by atoms with E-state index in [1.807, 2.05) is 35.9 Å². The Hall–Kier alpha value is -2.85. The number of aryl methyl sites for hydroxylation is 1. The van der Waals surface area contributed by atoms with Crippen LogP contribution in [0.2, 0.25) is 0 Å². The van der Waals surface area contributed by atoms with Gasteiger partial charge in [0.1, 0.15) is 10.8 Å². The number of benzene rings is 1. The molecule has 2 heterocycles. The van der Waals surface area contributed by atoms with E-state index in [-0.39, 0.29) is 11.7 Å². The smallest absolute Gasteiger partial charge is 0.341 e. The van der Waals surface area contributed by atoms with Crippen molar-refractivity contribution >= 4 is 40.0 Å². The average molecular weight is 501 g/mol. The number of hydrogen-bond acceptors (Lipinski definition) is 8. The number of anilines is 1. The fourth-order valence-corrected chi connectivity index (χ4v) is 6.08. The van der Waals surface area contributed by atoms with E-state index in [9.17, 15) is 9.59 Å². The lowest BCUT2D eigenvalue weighted by atomic mass is 9.96. The van der Waals surface area contributed by atoms with E-state index in [2.05, 4.69) is 15.5 Å². The average Bonchev–Trinajstić information content (AvgIpc) is 3.36. The molecule has 4 rings (SSSR count). The third kappa shape index (κ3) is 5.28. The van der Waals surface area contributed by atoms with Gasteiger partial charge in [-0.25, -0.2) is 4.79 Å². The number of thiophene rings is 1. The molecule has 1 aromatic carbocycles. The highest BCUT2D eigenvalue weighted by atomic mass is 32.2. The third-order valence-electron chi connectivity index (χ3n) is 5.81. The van der Waals surface area contributed by atoms with Crippen LogP contribution in [0.25, 0.3) is 11.4 Å². The Morgan fingerprint density at radius 2 is 1.94 bits per heavy atom. The van der Waals surface area contributed by atoms with Crippen molar-refractivity contribution in [2.45, 2.75) is 43.7 Å².